The van der Waals surface area contributed by atoms with Gasteiger partial charge in [-0.2, -0.15) is 0 Å². The quantitative estimate of drug-likeness (QED) is 0.909. The Hall–Kier alpha value is -1.55. The van der Waals surface area contributed by atoms with Gasteiger partial charge in [-0.15, -0.1) is 0 Å². The van der Waals surface area contributed by atoms with E-state index >= 15 is 0 Å². The molecule has 1 heterocycles. The van der Waals surface area contributed by atoms with Crippen LogP contribution in [0.25, 0.3) is 0 Å². The topological polar surface area (TPSA) is 55.6 Å². The van der Waals surface area contributed by atoms with Gasteiger partial charge in [0.15, 0.2) is 0 Å². The predicted octanol–water partition coefficient (Wildman–Crippen LogP) is 3.26. The lowest BCUT2D eigenvalue weighted by molar-refractivity contribution is 0.0205. The van der Waals surface area contributed by atoms with Gasteiger partial charge in [-0.25, -0.2) is 4.79 Å². The second-order valence-corrected chi connectivity index (χ2v) is 6.69. The molecule has 0 unspecified atom stereocenters. The number of amides is 1. The summed E-state index contributed by atoms with van der Waals surface area (Å²) in [6, 6.07) is 8.47. The van der Waals surface area contributed by atoms with E-state index in [1.165, 1.54) is 11.1 Å². The average molecular weight is 290 g/mol. The van der Waals surface area contributed by atoms with Gasteiger partial charge in [0.05, 0.1) is 0 Å². The molecule has 0 aromatic heterocycles. The maximum Gasteiger partial charge on any atom is 0.410 e. The van der Waals surface area contributed by atoms with Crippen LogP contribution in [-0.4, -0.2) is 29.7 Å². The minimum Gasteiger partial charge on any atom is -0.444 e. The summed E-state index contributed by atoms with van der Waals surface area (Å²) in [7, 11) is 0. The summed E-state index contributed by atoms with van der Waals surface area (Å²) in [5, 5.41) is 0. The van der Waals surface area contributed by atoms with Crippen LogP contribution in [-0.2, 0) is 11.3 Å². The number of hydrogen-bond donors (Lipinski definition) is 1. The number of benzene rings is 1. The highest BCUT2D eigenvalue weighted by Gasteiger charge is 2.27. The maximum absolute atomic E-state index is 12.0. The molecule has 1 saturated heterocycles. The summed E-state index contributed by atoms with van der Waals surface area (Å²) >= 11 is 0. The Kier molecular flexibility index (Phi) is 4.88. The van der Waals surface area contributed by atoms with E-state index in [1.807, 2.05) is 25.7 Å². The highest BCUT2D eigenvalue weighted by Crippen LogP contribution is 2.29. The van der Waals surface area contributed by atoms with E-state index in [1.54, 1.807) is 0 Å². The molecule has 2 N–H and O–H groups in total. The summed E-state index contributed by atoms with van der Waals surface area (Å²) < 4.78 is 5.43. The molecule has 1 fully saturated rings. The standard InChI is InChI=1S/C17H26N2O2/c1-17(2,3)21-16(20)19-9-7-14(8-10-19)15-6-4-5-13(11-15)12-18/h4-6,11,14H,7-10,12,18H2,1-3H3. The first-order valence-corrected chi connectivity index (χ1v) is 7.66. The second-order valence-electron chi connectivity index (χ2n) is 6.69. The van der Waals surface area contributed by atoms with Crippen molar-refractivity contribution >= 4 is 6.09 Å². The van der Waals surface area contributed by atoms with Crippen molar-refractivity contribution in [3.05, 3.63) is 35.4 Å². The van der Waals surface area contributed by atoms with Gasteiger partial charge in [-0.1, -0.05) is 24.3 Å². The van der Waals surface area contributed by atoms with E-state index in [-0.39, 0.29) is 6.09 Å². The second kappa shape index (κ2) is 6.48. The first-order chi connectivity index (χ1) is 9.89. The Morgan fingerprint density at radius 2 is 2.00 bits per heavy atom. The molecule has 116 valence electrons. The number of carbonyl (C=O) groups is 1. The fourth-order valence-electron chi connectivity index (χ4n) is 2.70. The number of rotatable bonds is 2. The van der Waals surface area contributed by atoms with Gasteiger partial charge in [0.2, 0.25) is 0 Å². The van der Waals surface area contributed by atoms with Crippen molar-refractivity contribution in [2.75, 3.05) is 13.1 Å². The highest BCUT2D eigenvalue weighted by atomic mass is 16.6. The zero-order valence-electron chi connectivity index (χ0n) is 13.3. The number of ether oxygens (including phenoxy) is 1. The Morgan fingerprint density at radius 1 is 1.33 bits per heavy atom. The fraction of sp³-hybridized carbons (Fsp3) is 0.588. The minimum atomic E-state index is -0.427. The number of piperidine rings is 1. The van der Waals surface area contributed by atoms with Crippen molar-refractivity contribution in [2.24, 2.45) is 5.73 Å². The molecule has 1 amide bonds. The van der Waals surface area contributed by atoms with Crippen molar-refractivity contribution in [3.63, 3.8) is 0 Å². The van der Waals surface area contributed by atoms with E-state index in [0.717, 1.165) is 25.9 Å². The minimum absolute atomic E-state index is 0.198. The first-order valence-electron chi connectivity index (χ1n) is 7.66. The summed E-state index contributed by atoms with van der Waals surface area (Å²) in [6.45, 7) is 7.78. The van der Waals surface area contributed by atoms with Gasteiger partial charge in [-0.3, -0.25) is 0 Å². The summed E-state index contributed by atoms with van der Waals surface area (Å²) in [5.41, 5.74) is 7.78. The summed E-state index contributed by atoms with van der Waals surface area (Å²) in [6.07, 6.45) is 1.76. The zero-order chi connectivity index (χ0) is 15.5. The molecule has 1 aliphatic rings. The number of hydrogen-bond acceptors (Lipinski definition) is 3. The molecule has 0 saturated carbocycles. The third-order valence-corrected chi connectivity index (χ3v) is 3.80. The van der Waals surface area contributed by atoms with Crippen LogP contribution in [0.5, 0.6) is 0 Å². The van der Waals surface area contributed by atoms with E-state index < -0.39 is 5.60 Å². The largest absolute Gasteiger partial charge is 0.444 e. The van der Waals surface area contributed by atoms with Crippen molar-refractivity contribution < 1.29 is 9.53 Å². The molecule has 21 heavy (non-hydrogen) atoms. The Labute approximate surface area is 127 Å². The molecule has 2 rings (SSSR count). The molecular formula is C17H26N2O2. The van der Waals surface area contributed by atoms with E-state index in [0.29, 0.717) is 12.5 Å². The van der Waals surface area contributed by atoms with Gasteiger partial charge in [0, 0.05) is 19.6 Å². The average Bonchev–Trinajstić information content (AvgIpc) is 2.46. The molecule has 1 aromatic carbocycles. The molecule has 1 aliphatic heterocycles. The van der Waals surface area contributed by atoms with Crippen LogP contribution in [0.4, 0.5) is 4.79 Å². The maximum atomic E-state index is 12.0. The Balaban J connectivity index is 1.92. The van der Waals surface area contributed by atoms with E-state index in [2.05, 4.69) is 24.3 Å². The number of nitrogens with two attached hydrogens (primary N) is 1. The van der Waals surface area contributed by atoms with Crippen LogP contribution in [0.3, 0.4) is 0 Å². The molecule has 0 aliphatic carbocycles. The SMILES string of the molecule is CC(C)(C)OC(=O)N1CCC(c2cccc(CN)c2)CC1. The number of nitrogens with zero attached hydrogens (tertiary/aromatic N) is 1. The smallest absolute Gasteiger partial charge is 0.410 e. The third-order valence-electron chi connectivity index (χ3n) is 3.80. The first kappa shape index (κ1) is 15.8. The number of likely N-dealkylation sites (tertiary alicyclic amines) is 1. The van der Waals surface area contributed by atoms with Crippen molar-refractivity contribution in [1.82, 2.24) is 4.90 Å². The number of carbonyl (C=O) groups excluding carboxylic acids is 1. The molecule has 0 radical (unpaired) electrons. The monoisotopic (exact) mass is 290 g/mol. The van der Waals surface area contributed by atoms with Gasteiger partial charge < -0.3 is 15.4 Å². The normalized spacial score (nSPS) is 16.9. The van der Waals surface area contributed by atoms with Gasteiger partial charge in [0.1, 0.15) is 5.60 Å². The van der Waals surface area contributed by atoms with Gasteiger partial charge in [0.25, 0.3) is 0 Å². The molecule has 0 spiro atoms. The zero-order valence-corrected chi connectivity index (χ0v) is 13.3. The van der Waals surface area contributed by atoms with Crippen molar-refractivity contribution in [1.29, 1.82) is 0 Å². The van der Waals surface area contributed by atoms with Crippen molar-refractivity contribution in [3.8, 4) is 0 Å². The van der Waals surface area contributed by atoms with Crippen LogP contribution < -0.4 is 5.73 Å². The fourth-order valence-corrected chi connectivity index (χ4v) is 2.70. The summed E-state index contributed by atoms with van der Waals surface area (Å²) in [5.74, 6) is 0.509. The van der Waals surface area contributed by atoms with Crippen LogP contribution >= 0.6 is 0 Å². The highest BCUT2D eigenvalue weighted by molar-refractivity contribution is 5.68. The summed E-state index contributed by atoms with van der Waals surface area (Å²) in [4.78, 5) is 13.9. The van der Waals surface area contributed by atoms with Crippen LogP contribution in [0.15, 0.2) is 24.3 Å². The lowest BCUT2D eigenvalue weighted by Crippen LogP contribution is -2.41. The molecule has 0 bridgehead atoms. The molecule has 4 nitrogen and oxygen atoms in total. The molecule has 0 atom stereocenters. The van der Waals surface area contributed by atoms with Crippen molar-refractivity contribution in [2.45, 2.75) is 51.7 Å². The predicted molar refractivity (Wildman–Crippen MR) is 84.1 cm³/mol. The third kappa shape index (κ3) is 4.46. The Morgan fingerprint density at radius 3 is 2.57 bits per heavy atom. The Bertz CT molecular complexity index is 486. The van der Waals surface area contributed by atoms with Crippen LogP contribution in [0.2, 0.25) is 0 Å². The van der Waals surface area contributed by atoms with Gasteiger partial charge in [-0.05, 0) is 50.7 Å². The van der Waals surface area contributed by atoms with E-state index in [4.69, 9.17) is 10.5 Å². The molecule has 4 heteroatoms. The molecular weight excluding hydrogens is 264 g/mol. The van der Waals surface area contributed by atoms with E-state index in [9.17, 15) is 4.79 Å². The lowest BCUT2D eigenvalue weighted by Gasteiger charge is -2.33. The van der Waals surface area contributed by atoms with Gasteiger partial charge >= 0.3 is 6.09 Å². The van der Waals surface area contributed by atoms with Crippen LogP contribution in [0.1, 0.15) is 50.7 Å². The molecule has 1 aromatic rings. The van der Waals surface area contributed by atoms with Crippen LogP contribution in [0, 0.1) is 0 Å². The lowest BCUT2D eigenvalue weighted by atomic mass is 9.89.